The first-order valence-corrected chi connectivity index (χ1v) is 8.33. The molecule has 0 spiro atoms. The maximum absolute atomic E-state index is 14.5. The van der Waals surface area contributed by atoms with E-state index in [1.807, 2.05) is 37.3 Å². The molecule has 1 atom stereocenters. The monoisotopic (exact) mass is 369 g/mol. The summed E-state index contributed by atoms with van der Waals surface area (Å²) in [6, 6.07) is 14.8. The smallest absolute Gasteiger partial charge is 0.144 e. The van der Waals surface area contributed by atoms with E-state index in [1.54, 1.807) is 0 Å². The molecule has 0 amide bonds. The summed E-state index contributed by atoms with van der Waals surface area (Å²) >= 11 is 0. The number of benzene rings is 3. The van der Waals surface area contributed by atoms with Crippen molar-refractivity contribution in [3.63, 3.8) is 0 Å². The fraction of sp³-hybridized carbons (Fsp3) is 0.136. The van der Waals surface area contributed by atoms with Gasteiger partial charge >= 0.3 is 0 Å². The van der Waals surface area contributed by atoms with Gasteiger partial charge in [0.15, 0.2) is 0 Å². The van der Waals surface area contributed by atoms with Crippen LogP contribution in [0.4, 0.5) is 17.6 Å². The van der Waals surface area contributed by atoms with Crippen molar-refractivity contribution in [2.45, 2.75) is 19.3 Å². The lowest BCUT2D eigenvalue weighted by atomic mass is 9.92. The number of nitriles is 1. The molecule has 0 saturated heterocycles. The Bertz CT molecular complexity index is 976. The minimum atomic E-state index is -1.16. The molecule has 136 valence electrons. The molecule has 1 unspecified atom stereocenters. The van der Waals surface area contributed by atoms with Gasteiger partial charge in [-0.15, -0.1) is 0 Å². The van der Waals surface area contributed by atoms with Crippen LogP contribution in [0.5, 0.6) is 0 Å². The summed E-state index contributed by atoms with van der Waals surface area (Å²) < 4.78 is 56.7. The van der Waals surface area contributed by atoms with Crippen LogP contribution in [0, 0.1) is 34.6 Å². The van der Waals surface area contributed by atoms with Crippen molar-refractivity contribution >= 4 is 0 Å². The Morgan fingerprint density at radius 1 is 0.852 bits per heavy atom. The van der Waals surface area contributed by atoms with Crippen molar-refractivity contribution in [3.8, 4) is 17.2 Å². The molecule has 0 aliphatic rings. The fourth-order valence-electron chi connectivity index (χ4n) is 3.10. The zero-order valence-corrected chi connectivity index (χ0v) is 14.4. The lowest BCUT2D eigenvalue weighted by molar-refractivity contribution is 0.572. The highest BCUT2D eigenvalue weighted by Crippen LogP contribution is 2.31. The van der Waals surface area contributed by atoms with Gasteiger partial charge in [0, 0.05) is 0 Å². The predicted octanol–water partition coefficient (Wildman–Crippen LogP) is 6.13. The number of hydrogen-bond acceptors (Lipinski definition) is 1. The van der Waals surface area contributed by atoms with Crippen LogP contribution in [0.25, 0.3) is 11.1 Å². The summed E-state index contributed by atoms with van der Waals surface area (Å²) in [5.74, 6) is -4.09. The van der Waals surface area contributed by atoms with Gasteiger partial charge in [0.05, 0.1) is 5.56 Å². The van der Waals surface area contributed by atoms with E-state index in [0.29, 0.717) is 12.0 Å². The molecular weight excluding hydrogens is 354 g/mol. The first-order valence-electron chi connectivity index (χ1n) is 8.33. The largest absolute Gasteiger partial charge is 0.206 e. The second kappa shape index (κ2) is 7.63. The van der Waals surface area contributed by atoms with Gasteiger partial charge in [-0.2, -0.15) is 5.26 Å². The van der Waals surface area contributed by atoms with Crippen molar-refractivity contribution in [3.05, 3.63) is 94.6 Å². The molecule has 0 bridgehead atoms. The van der Waals surface area contributed by atoms with Crippen LogP contribution < -0.4 is 0 Å². The van der Waals surface area contributed by atoms with Crippen LogP contribution in [0.2, 0.25) is 0 Å². The zero-order chi connectivity index (χ0) is 19.6. The van der Waals surface area contributed by atoms with E-state index in [0.717, 1.165) is 17.7 Å². The van der Waals surface area contributed by atoms with Gasteiger partial charge in [-0.25, -0.2) is 17.6 Å². The second-order valence-electron chi connectivity index (χ2n) is 6.38. The molecule has 0 N–H and O–H groups in total. The summed E-state index contributed by atoms with van der Waals surface area (Å²) in [4.78, 5) is 0. The second-order valence-corrected chi connectivity index (χ2v) is 6.38. The van der Waals surface area contributed by atoms with Crippen LogP contribution in [-0.4, -0.2) is 0 Å². The molecule has 0 heterocycles. The normalized spacial score (nSPS) is 11.9. The van der Waals surface area contributed by atoms with E-state index in [1.165, 1.54) is 18.2 Å². The lowest BCUT2D eigenvalue weighted by Crippen LogP contribution is -2.02. The standard InChI is InChI=1S/C22H15F4N/c1-13(15-5-3-2-4-6-15)7-14-8-20(25)22(21(26)9-14)16-10-18(23)17(12-27)19(24)11-16/h2-6,8-11,13H,7H2,1H3. The average Bonchev–Trinajstić information content (AvgIpc) is 2.61. The minimum Gasteiger partial charge on any atom is -0.206 e. The van der Waals surface area contributed by atoms with Crippen LogP contribution in [0.3, 0.4) is 0 Å². The molecule has 0 radical (unpaired) electrons. The topological polar surface area (TPSA) is 23.8 Å². The van der Waals surface area contributed by atoms with Crippen molar-refractivity contribution in [1.29, 1.82) is 5.26 Å². The third-order valence-electron chi connectivity index (χ3n) is 4.45. The summed E-state index contributed by atoms with van der Waals surface area (Å²) in [5.41, 5.74) is -0.110. The Labute approximate surface area is 154 Å². The van der Waals surface area contributed by atoms with E-state index in [-0.39, 0.29) is 11.5 Å². The van der Waals surface area contributed by atoms with Crippen LogP contribution in [-0.2, 0) is 6.42 Å². The molecule has 0 aliphatic carbocycles. The Morgan fingerprint density at radius 3 is 1.93 bits per heavy atom. The quantitative estimate of drug-likeness (QED) is 0.508. The highest BCUT2D eigenvalue weighted by molar-refractivity contribution is 5.66. The van der Waals surface area contributed by atoms with Crippen LogP contribution in [0.1, 0.15) is 29.5 Å². The number of halogens is 4. The Balaban J connectivity index is 1.96. The Morgan fingerprint density at radius 2 is 1.41 bits per heavy atom. The van der Waals surface area contributed by atoms with Gasteiger partial charge in [0.2, 0.25) is 0 Å². The van der Waals surface area contributed by atoms with E-state index in [4.69, 9.17) is 5.26 Å². The van der Waals surface area contributed by atoms with Gasteiger partial charge in [0.25, 0.3) is 0 Å². The van der Waals surface area contributed by atoms with Crippen molar-refractivity contribution in [2.24, 2.45) is 0 Å². The van der Waals surface area contributed by atoms with Gasteiger partial charge in [0.1, 0.15) is 34.9 Å². The highest BCUT2D eigenvalue weighted by atomic mass is 19.1. The molecule has 0 aromatic heterocycles. The zero-order valence-electron chi connectivity index (χ0n) is 14.4. The molecule has 0 fully saturated rings. The molecule has 27 heavy (non-hydrogen) atoms. The highest BCUT2D eigenvalue weighted by Gasteiger charge is 2.19. The van der Waals surface area contributed by atoms with Crippen LogP contribution >= 0.6 is 0 Å². The SMILES string of the molecule is CC(Cc1cc(F)c(-c2cc(F)c(C#N)c(F)c2)c(F)c1)c1ccccc1. The summed E-state index contributed by atoms with van der Waals surface area (Å²) in [6.45, 7) is 1.95. The molecule has 0 saturated carbocycles. The molecular formula is C22H15F4N. The Kier molecular flexibility index (Phi) is 5.27. The molecule has 3 rings (SSSR count). The van der Waals surface area contributed by atoms with Crippen molar-refractivity contribution < 1.29 is 17.6 Å². The van der Waals surface area contributed by atoms with Gasteiger partial charge in [-0.1, -0.05) is 37.3 Å². The van der Waals surface area contributed by atoms with E-state index in [2.05, 4.69) is 0 Å². The maximum atomic E-state index is 14.5. The minimum absolute atomic E-state index is 0.0423. The first-order chi connectivity index (χ1) is 12.9. The third-order valence-corrected chi connectivity index (χ3v) is 4.45. The molecule has 3 aromatic rings. The number of rotatable bonds is 4. The number of nitrogens with zero attached hydrogens (tertiary/aromatic N) is 1. The van der Waals surface area contributed by atoms with Gasteiger partial charge in [-0.3, -0.25) is 0 Å². The van der Waals surface area contributed by atoms with E-state index < -0.39 is 34.4 Å². The van der Waals surface area contributed by atoms with Crippen molar-refractivity contribution in [1.82, 2.24) is 0 Å². The number of hydrogen-bond donors (Lipinski definition) is 0. The summed E-state index contributed by atoms with van der Waals surface area (Å²) in [6.07, 6.45) is 0.411. The van der Waals surface area contributed by atoms with E-state index >= 15 is 0 Å². The third kappa shape index (κ3) is 3.85. The van der Waals surface area contributed by atoms with Gasteiger partial charge in [-0.05, 0) is 53.3 Å². The summed E-state index contributed by atoms with van der Waals surface area (Å²) in [5, 5.41) is 8.71. The maximum Gasteiger partial charge on any atom is 0.144 e. The molecule has 3 aromatic carbocycles. The van der Waals surface area contributed by atoms with Crippen LogP contribution in [0.15, 0.2) is 54.6 Å². The molecule has 0 aliphatic heterocycles. The molecule has 5 heteroatoms. The Hall–Kier alpha value is -3.13. The van der Waals surface area contributed by atoms with E-state index in [9.17, 15) is 17.6 Å². The first kappa shape index (κ1) is 18.7. The lowest BCUT2D eigenvalue weighted by Gasteiger charge is -2.14. The molecule has 1 nitrogen and oxygen atoms in total. The summed E-state index contributed by atoms with van der Waals surface area (Å²) in [7, 11) is 0. The predicted molar refractivity (Wildman–Crippen MR) is 95.0 cm³/mol. The van der Waals surface area contributed by atoms with Gasteiger partial charge < -0.3 is 0 Å². The van der Waals surface area contributed by atoms with Crippen molar-refractivity contribution in [2.75, 3.05) is 0 Å². The average molecular weight is 369 g/mol. The fourth-order valence-corrected chi connectivity index (χ4v) is 3.10.